The summed E-state index contributed by atoms with van der Waals surface area (Å²) in [6.45, 7) is 1.26. The number of halogens is 1. The molecule has 0 aliphatic rings. The third kappa shape index (κ3) is 4.22. The van der Waals surface area contributed by atoms with Gasteiger partial charge in [0.05, 0.1) is 23.4 Å². The zero-order valence-corrected chi connectivity index (χ0v) is 12.0. The van der Waals surface area contributed by atoms with Crippen molar-refractivity contribution < 1.29 is 19.8 Å². The summed E-state index contributed by atoms with van der Waals surface area (Å²) in [5, 5.41) is 31.4. The minimum absolute atomic E-state index is 0.372. The van der Waals surface area contributed by atoms with Gasteiger partial charge in [-0.25, -0.2) is 9.59 Å². The molecule has 7 nitrogen and oxygen atoms in total. The van der Waals surface area contributed by atoms with Crippen LogP contribution in [0.2, 0.25) is 0 Å². The number of carbonyl (C=O) groups excluding carboxylic acids is 1. The van der Waals surface area contributed by atoms with E-state index < -0.39 is 24.1 Å². The Labute approximate surface area is 123 Å². The lowest BCUT2D eigenvalue weighted by Crippen LogP contribution is -2.49. The molecule has 0 aliphatic carbocycles. The van der Waals surface area contributed by atoms with Gasteiger partial charge in [-0.2, -0.15) is 5.26 Å². The van der Waals surface area contributed by atoms with Crippen molar-refractivity contribution in [2.45, 2.75) is 19.1 Å². The van der Waals surface area contributed by atoms with Gasteiger partial charge >= 0.3 is 12.0 Å². The number of benzene rings is 1. The lowest BCUT2D eigenvalue weighted by molar-refractivity contribution is -0.141. The second kappa shape index (κ2) is 6.88. The van der Waals surface area contributed by atoms with Crippen LogP contribution in [0.1, 0.15) is 12.5 Å². The first-order valence-electron chi connectivity index (χ1n) is 5.53. The molecule has 0 radical (unpaired) electrons. The van der Waals surface area contributed by atoms with Gasteiger partial charge in [-0.3, -0.25) is 0 Å². The maximum Gasteiger partial charge on any atom is 0.328 e. The molecule has 1 rings (SSSR count). The highest BCUT2D eigenvalue weighted by Crippen LogP contribution is 2.23. The van der Waals surface area contributed by atoms with Crippen LogP contribution in [0.5, 0.6) is 0 Å². The monoisotopic (exact) mass is 341 g/mol. The van der Waals surface area contributed by atoms with Gasteiger partial charge < -0.3 is 20.8 Å². The summed E-state index contributed by atoms with van der Waals surface area (Å²) < 4.78 is 0.482. The Bertz CT molecular complexity index is 568. The summed E-state index contributed by atoms with van der Waals surface area (Å²) in [5.74, 6) is -1.34. The molecular weight excluding hydrogens is 330 g/mol. The highest BCUT2D eigenvalue weighted by atomic mass is 79.9. The number of carboxylic acid groups (broad SMARTS) is 1. The van der Waals surface area contributed by atoms with Gasteiger partial charge in [-0.1, -0.05) is 0 Å². The average molecular weight is 342 g/mol. The molecule has 0 bridgehead atoms. The number of hydrogen-bond donors (Lipinski definition) is 4. The van der Waals surface area contributed by atoms with Crippen LogP contribution in [0.25, 0.3) is 0 Å². The van der Waals surface area contributed by atoms with Crippen LogP contribution in [0.4, 0.5) is 10.5 Å². The minimum Gasteiger partial charge on any atom is -0.480 e. The highest BCUT2D eigenvalue weighted by Gasteiger charge is 2.25. The third-order valence-corrected chi connectivity index (χ3v) is 3.04. The number of nitriles is 1. The molecule has 1 aromatic carbocycles. The molecule has 8 heteroatoms. The van der Waals surface area contributed by atoms with Gasteiger partial charge in [0.2, 0.25) is 0 Å². The van der Waals surface area contributed by atoms with E-state index in [4.69, 9.17) is 10.4 Å². The Kier molecular flexibility index (Phi) is 5.49. The zero-order chi connectivity index (χ0) is 15.3. The fourth-order valence-electron chi connectivity index (χ4n) is 1.37. The first-order chi connectivity index (χ1) is 9.35. The molecule has 0 heterocycles. The van der Waals surface area contributed by atoms with Crippen molar-refractivity contribution in [3.63, 3.8) is 0 Å². The SMILES string of the molecule is C[C@@H](O)[C@H](NC(=O)Nc1ccc(C#N)cc1Br)C(=O)O. The molecule has 1 aromatic rings. The molecule has 2 amide bonds. The lowest BCUT2D eigenvalue weighted by atomic mass is 10.2. The van der Waals surface area contributed by atoms with E-state index in [9.17, 15) is 14.7 Å². The van der Waals surface area contributed by atoms with Gasteiger partial charge in [0.25, 0.3) is 0 Å². The average Bonchev–Trinajstić information content (AvgIpc) is 2.37. The number of nitrogens with zero attached hydrogens (tertiary/aromatic N) is 1. The Morgan fingerprint density at radius 2 is 2.10 bits per heavy atom. The number of nitrogens with one attached hydrogen (secondary N) is 2. The van der Waals surface area contributed by atoms with E-state index in [1.807, 2.05) is 6.07 Å². The van der Waals surface area contributed by atoms with Gasteiger partial charge in [0.1, 0.15) is 0 Å². The number of aliphatic carboxylic acids is 1. The molecular formula is C12H12BrN3O4. The number of amides is 2. The first kappa shape index (κ1) is 15.9. The van der Waals surface area contributed by atoms with Gasteiger partial charge in [0, 0.05) is 4.47 Å². The Balaban J connectivity index is 2.76. The predicted octanol–water partition coefficient (Wildman–Crippen LogP) is 1.28. The minimum atomic E-state index is -1.41. The number of carbonyl (C=O) groups is 2. The van der Waals surface area contributed by atoms with E-state index in [0.29, 0.717) is 15.7 Å². The third-order valence-electron chi connectivity index (χ3n) is 2.38. The molecule has 106 valence electrons. The maximum absolute atomic E-state index is 11.7. The highest BCUT2D eigenvalue weighted by molar-refractivity contribution is 9.10. The van der Waals surface area contributed by atoms with Crippen molar-refractivity contribution in [3.05, 3.63) is 28.2 Å². The van der Waals surface area contributed by atoms with E-state index in [0.717, 1.165) is 0 Å². The summed E-state index contributed by atoms with van der Waals surface area (Å²) >= 11 is 3.18. The van der Waals surface area contributed by atoms with Crippen molar-refractivity contribution in [2.75, 3.05) is 5.32 Å². The molecule has 0 fully saturated rings. The van der Waals surface area contributed by atoms with Crippen LogP contribution in [0, 0.1) is 11.3 Å². The largest absolute Gasteiger partial charge is 0.480 e. The summed E-state index contributed by atoms with van der Waals surface area (Å²) in [7, 11) is 0. The van der Waals surface area contributed by atoms with E-state index in [2.05, 4.69) is 26.6 Å². The standard InChI is InChI=1S/C12H12BrN3O4/c1-6(17)10(11(18)19)16-12(20)15-9-3-2-7(5-14)4-8(9)13/h2-4,6,10,17H,1H3,(H,18,19)(H2,15,16,20)/t6-,10+/m1/s1. The molecule has 0 aliphatic heterocycles. The van der Waals surface area contributed by atoms with Crippen LogP contribution < -0.4 is 10.6 Å². The number of aliphatic hydroxyl groups is 1. The zero-order valence-electron chi connectivity index (χ0n) is 10.4. The number of anilines is 1. The normalized spacial score (nSPS) is 12.9. The van der Waals surface area contributed by atoms with E-state index in [1.54, 1.807) is 0 Å². The second-order valence-electron chi connectivity index (χ2n) is 3.96. The molecule has 0 saturated heterocycles. The Hall–Kier alpha value is -2.11. The van der Waals surface area contributed by atoms with Crippen molar-refractivity contribution in [1.29, 1.82) is 5.26 Å². The van der Waals surface area contributed by atoms with Crippen molar-refractivity contribution in [3.8, 4) is 6.07 Å². The molecule has 4 N–H and O–H groups in total. The second-order valence-corrected chi connectivity index (χ2v) is 4.82. The Morgan fingerprint density at radius 1 is 1.45 bits per heavy atom. The Morgan fingerprint density at radius 3 is 2.55 bits per heavy atom. The van der Waals surface area contributed by atoms with Crippen molar-refractivity contribution in [1.82, 2.24) is 5.32 Å². The summed E-state index contributed by atoms with van der Waals surface area (Å²) in [5.41, 5.74) is 0.784. The van der Waals surface area contributed by atoms with Crippen molar-refractivity contribution in [2.24, 2.45) is 0 Å². The molecule has 0 spiro atoms. The lowest BCUT2D eigenvalue weighted by Gasteiger charge is -2.17. The van der Waals surface area contributed by atoms with Gasteiger partial charge in [-0.05, 0) is 41.1 Å². The van der Waals surface area contributed by atoms with Crippen molar-refractivity contribution >= 4 is 33.6 Å². The molecule has 20 heavy (non-hydrogen) atoms. The van der Waals surface area contributed by atoms with Crippen LogP contribution in [-0.4, -0.2) is 34.4 Å². The van der Waals surface area contributed by atoms with Crippen LogP contribution in [-0.2, 0) is 4.79 Å². The van der Waals surface area contributed by atoms with Crippen LogP contribution in [0.15, 0.2) is 22.7 Å². The van der Waals surface area contributed by atoms with E-state index >= 15 is 0 Å². The van der Waals surface area contributed by atoms with E-state index in [1.165, 1.54) is 25.1 Å². The molecule has 0 aromatic heterocycles. The summed E-state index contributed by atoms with van der Waals surface area (Å²) in [4.78, 5) is 22.5. The van der Waals surface area contributed by atoms with Gasteiger partial charge in [-0.15, -0.1) is 0 Å². The van der Waals surface area contributed by atoms with Crippen LogP contribution in [0.3, 0.4) is 0 Å². The quantitative estimate of drug-likeness (QED) is 0.656. The molecule has 0 unspecified atom stereocenters. The summed E-state index contributed by atoms with van der Waals surface area (Å²) in [6, 6.07) is 4.27. The molecule has 0 saturated carbocycles. The fraction of sp³-hybridized carbons (Fsp3) is 0.250. The number of rotatable bonds is 4. The number of urea groups is 1. The predicted molar refractivity (Wildman–Crippen MR) is 74.1 cm³/mol. The first-order valence-corrected chi connectivity index (χ1v) is 6.32. The smallest absolute Gasteiger partial charge is 0.328 e. The number of carboxylic acids is 1. The maximum atomic E-state index is 11.7. The molecule has 2 atom stereocenters. The van der Waals surface area contributed by atoms with Gasteiger partial charge in [0.15, 0.2) is 6.04 Å². The summed E-state index contributed by atoms with van der Waals surface area (Å²) in [6.07, 6.45) is -1.23. The van der Waals surface area contributed by atoms with Crippen LogP contribution >= 0.6 is 15.9 Å². The topological polar surface area (TPSA) is 122 Å². The number of aliphatic hydroxyl groups excluding tert-OH is 1. The number of hydrogen-bond acceptors (Lipinski definition) is 4. The fourth-order valence-corrected chi connectivity index (χ4v) is 1.85. The van der Waals surface area contributed by atoms with E-state index in [-0.39, 0.29) is 0 Å².